The van der Waals surface area contributed by atoms with E-state index in [2.05, 4.69) is 10.2 Å². The molecular formula is C15H20N2O3. The summed E-state index contributed by atoms with van der Waals surface area (Å²) in [7, 11) is 0. The molecule has 3 saturated heterocycles. The zero-order chi connectivity index (χ0) is 13.5. The molecule has 1 aromatic rings. The number of amides is 1. The standard InChI is InChI=1S/C15H20N2O3/c18-15(16-6-10-2-1-5-19-10)9-17-7-11-12(8-17)14-4-3-13(11)20-14/h1-2,5,11-14H,3-4,6-9H2,(H,16,18). The van der Waals surface area contributed by atoms with Crippen LogP contribution in [0.15, 0.2) is 22.8 Å². The summed E-state index contributed by atoms with van der Waals surface area (Å²) < 4.78 is 11.2. The lowest BCUT2D eigenvalue weighted by molar-refractivity contribution is -0.122. The smallest absolute Gasteiger partial charge is 0.234 e. The summed E-state index contributed by atoms with van der Waals surface area (Å²) in [5, 5.41) is 2.91. The lowest BCUT2D eigenvalue weighted by Crippen LogP contribution is -2.36. The Kier molecular flexibility index (Phi) is 3.04. The van der Waals surface area contributed by atoms with Crippen LogP contribution in [0.25, 0.3) is 0 Å². The van der Waals surface area contributed by atoms with Gasteiger partial charge >= 0.3 is 0 Å². The van der Waals surface area contributed by atoms with Crippen LogP contribution in [0.5, 0.6) is 0 Å². The third-order valence-corrected chi connectivity index (χ3v) is 4.94. The number of ether oxygens (including phenoxy) is 1. The maximum absolute atomic E-state index is 12.0. The molecule has 1 aromatic heterocycles. The van der Waals surface area contributed by atoms with Crippen LogP contribution in [-0.4, -0.2) is 42.6 Å². The van der Waals surface area contributed by atoms with Gasteiger partial charge in [-0.15, -0.1) is 0 Å². The minimum absolute atomic E-state index is 0.0784. The normalized spacial score (nSPS) is 35.4. The molecule has 4 unspecified atom stereocenters. The second-order valence-corrected chi connectivity index (χ2v) is 6.17. The predicted molar refractivity (Wildman–Crippen MR) is 71.9 cm³/mol. The molecule has 3 aliphatic heterocycles. The first kappa shape index (κ1) is 12.4. The summed E-state index contributed by atoms with van der Waals surface area (Å²) in [6.45, 7) is 2.99. The molecule has 0 radical (unpaired) electrons. The van der Waals surface area contributed by atoms with E-state index in [9.17, 15) is 4.79 Å². The van der Waals surface area contributed by atoms with Gasteiger partial charge in [0.25, 0.3) is 0 Å². The van der Waals surface area contributed by atoms with E-state index in [-0.39, 0.29) is 5.91 Å². The van der Waals surface area contributed by atoms with Crippen molar-refractivity contribution in [2.24, 2.45) is 11.8 Å². The summed E-state index contributed by atoms with van der Waals surface area (Å²) in [6.07, 6.45) is 4.97. The van der Waals surface area contributed by atoms with Crippen LogP contribution in [0.2, 0.25) is 0 Å². The van der Waals surface area contributed by atoms with Crippen LogP contribution in [-0.2, 0) is 16.1 Å². The van der Waals surface area contributed by atoms with Crippen molar-refractivity contribution in [3.8, 4) is 0 Å². The van der Waals surface area contributed by atoms with Crippen LogP contribution in [0.1, 0.15) is 18.6 Å². The molecule has 2 bridgehead atoms. The van der Waals surface area contributed by atoms with Gasteiger partial charge in [-0.05, 0) is 25.0 Å². The van der Waals surface area contributed by atoms with E-state index in [1.54, 1.807) is 6.26 Å². The maximum atomic E-state index is 12.0. The van der Waals surface area contributed by atoms with Crippen LogP contribution in [0, 0.1) is 11.8 Å². The van der Waals surface area contributed by atoms with Crippen molar-refractivity contribution in [3.05, 3.63) is 24.2 Å². The molecule has 0 aromatic carbocycles. The first-order valence-corrected chi connectivity index (χ1v) is 7.46. The fourth-order valence-electron chi connectivity index (χ4n) is 4.03. The molecule has 1 amide bonds. The summed E-state index contributed by atoms with van der Waals surface area (Å²) in [5.74, 6) is 2.19. The Bertz CT molecular complexity index is 469. The molecule has 3 aliphatic rings. The Hall–Kier alpha value is -1.33. The summed E-state index contributed by atoms with van der Waals surface area (Å²) in [6, 6.07) is 3.70. The van der Waals surface area contributed by atoms with Crippen LogP contribution in [0.3, 0.4) is 0 Å². The van der Waals surface area contributed by atoms with Gasteiger partial charge in [0.15, 0.2) is 0 Å². The lowest BCUT2D eigenvalue weighted by Gasteiger charge is -2.18. The fraction of sp³-hybridized carbons (Fsp3) is 0.667. The van der Waals surface area contributed by atoms with Gasteiger partial charge in [-0.2, -0.15) is 0 Å². The fourth-order valence-corrected chi connectivity index (χ4v) is 4.03. The Balaban J connectivity index is 1.27. The second-order valence-electron chi connectivity index (χ2n) is 6.17. The molecule has 20 heavy (non-hydrogen) atoms. The average molecular weight is 276 g/mol. The van der Waals surface area contributed by atoms with Crippen molar-refractivity contribution in [1.29, 1.82) is 0 Å². The van der Waals surface area contributed by atoms with Crippen LogP contribution >= 0.6 is 0 Å². The third kappa shape index (κ3) is 2.15. The molecule has 4 rings (SSSR count). The molecule has 5 heteroatoms. The quantitative estimate of drug-likeness (QED) is 0.891. The second kappa shape index (κ2) is 4.90. The summed E-state index contributed by atoms with van der Waals surface area (Å²) in [4.78, 5) is 14.2. The highest BCUT2D eigenvalue weighted by molar-refractivity contribution is 5.78. The zero-order valence-electron chi connectivity index (χ0n) is 11.5. The summed E-state index contributed by atoms with van der Waals surface area (Å²) >= 11 is 0. The van der Waals surface area contributed by atoms with E-state index in [1.807, 2.05) is 12.1 Å². The van der Waals surface area contributed by atoms with Gasteiger partial charge in [0, 0.05) is 24.9 Å². The van der Waals surface area contributed by atoms with Gasteiger partial charge < -0.3 is 14.5 Å². The number of hydrogen-bond donors (Lipinski definition) is 1. The van der Waals surface area contributed by atoms with Crippen molar-refractivity contribution >= 4 is 5.91 Å². The Morgan fingerprint density at radius 3 is 2.70 bits per heavy atom. The van der Waals surface area contributed by atoms with Gasteiger partial charge in [0.05, 0.1) is 31.6 Å². The van der Waals surface area contributed by atoms with Crippen molar-refractivity contribution in [3.63, 3.8) is 0 Å². The van der Waals surface area contributed by atoms with Crippen molar-refractivity contribution in [2.45, 2.75) is 31.6 Å². The number of fused-ring (bicyclic) bond motifs is 5. The number of nitrogens with zero attached hydrogens (tertiary/aromatic N) is 1. The number of furan rings is 1. The molecule has 4 heterocycles. The van der Waals surface area contributed by atoms with Crippen molar-refractivity contribution in [2.75, 3.05) is 19.6 Å². The van der Waals surface area contributed by atoms with Gasteiger partial charge in [-0.25, -0.2) is 0 Å². The lowest BCUT2D eigenvalue weighted by atomic mass is 9.82. The van der Waals surface area contributed by atoms with E-state index >= 15 is 0 Å². The highest BCUT2D eigenvalue weighted by atomic mass is 16.5. The van der Waals surface area contributed by atoms with Gasteiger partial charge in [0.1, 0.15) is 5.76 Å². The van der Waals surface area contributed by atoms with Crippen molar-refractivity contribution < 1.29 is 13.9 Å². The largest absolute Gasteiger partial charge is 0.467 e. The van der Waals surface area contributed by atoms with E-state index in [4.69, 9.17) is 9.15 Å². The number of likely N-dealkylation sites (tertiary alicyclic amines) is 1. The topological polar surface area (TPSA) is 54.7 Å². The Labute approximate surface area is 118 Å². The predicted octanol–water partition coefficient (Wildman–Crippen LogP) is 1.00. The number of carbonyl (C=O) groups is 1. The molecule has 4 atom stereocenters. The highest BCUT2D eigenvalue weighted by Gasteiger charge is 2.52. The first-order chi connectivity index (χ1) is 9.79. The van der Waals surface area contributed by atoms with Gasteiger partial charge in [-0.3, -0.25) is 9.69 Å². The average Bonchev–Trinajstić information content (AvgIpc) is 3.18. The molecule has 0 aliphatic carbocycles. The molecule has 3 fully saturated rings. The zero-order valence-corrected chi connectivity index (χ0v) is 11.5. The Morgan fingerprint density at radius 1 is 1.30 bits per heavy atom. The monoisotopic (exact) mass is 276 g/mol. The minimum Gasteiger partial charge on any atom is -0.467 e. The van der Waals surface area contributed by atoms with Crippen LogP contribution < -0.4 is 5.32 Å². The molecule has 1 N–H and O–H groups in total. The van der Waals surface area contributed by atoms with Crippen LogP contribution in [0.4, 0.5) is 0 Å². The van der Waals surface area contributed by atoms with E-state index in [1.165, 1.54) is 12.8 Å². The van der Waals surface area contributed by atoms with E-state index < -0.39 is 0 Å². The first-order valence-electron chi connectivity index (χ1n) is 7.46. The number of rotatable bonds is 4. The third-order valence-electron chi connectivity index (χ3n) is 4.94. The summed E-state index contributed by atoms with van der Waals surface area (Å²) in [5.41, 5.74) is 0. The number of nitrogens with one attached hydrogen (secondary N) is 1. The van der Waals surface area contributed by atoms with Crippen molar-refractivity contribution in [1.82, 2.24) is 10.2 Å². The van der Waals surface area contributed by atoms with E-state index in [0.29, 0.717) is 37.1 Å². The highest BCUT2D eigenvalue weighted by Crippen LogP contribution is 2.46. The SMILES string of the molecule is O=C(CN1CC2C3CCC(O3)C2C1)NCc1ccco1. The molecular weight excluding hydrogens is 256 g/mol. The van der Waals surface area contributed by atoms with Gasteiger partial charge in [0.2, 0.25) is 5.91 Å². The number of carbonyl (C=O) groups excluding carboxylic acids is 1. The maximum Gasteiger partial charge on any atom is 0.234 e. The van der Waals surface area contributed by atoms with E-state index in [0.717, 1.165) is 18.8 Å². The Morgan fingerprint density at radius 2 is 2.05 bits per heavy atom. The molecule has 5 nitrogen and oxygen atoms in total. The van der Waals surface area contributed by atoms with Gasteiger partial charge in [-0.1, -0.05) is 0 Å². The molecule has 0 saturated carbocycles. The minimum atomic E-state index is 0.0784. The number of hydrogen-bond acceptors (Lipinski definition) is 4. The molecule has 0 spiro atoms. The molecule has 108 valence electrons.